The molecule has 0 N–H and O–H groups in total. The quantitative estimate of drug-likeness (QED) is 0.412. The van der Waals surface area contributed by atoms with Crippen molar-refractivity contribution >= 4 is 6.98 Å². The Morgan fingerprint density at radius 3 is 1.89 bits per heavy atom. The fraction of sp³-hybridized carbons (Fsp3) is 0.111. The van der Waals surface area contributed by atoms with Crippen molar-refractivity contribution in [3.63, 3.8) is 0 Å². The van der Waals surface area contributed by atoms with Crippen molar-refractivity contribution in [3.05, 3.63) is 29.8 Å². The second kappa shape index (κ2) is 6.86. The normalized spacial score (nSPS) is 11.0. The summed E-state index contributed by atoms with van der Waals surface area (Å²) in [7, 11) is 0. The minimum absolute atomic E-state index is 0. The summed E-state index contributed by atoms with van der Waals surface area (Å²) in [6.45, 7) is -5.23. The molecule has 0 radical (unpaired) electrons. The molecular formula is C9H4BF6KO. The smallest absolute Gasteiger partial charge is 0.438 e. The van der Waals surface area contributed by atoms with Gasteiger partial charge in [0, 0.05) is 5.56 Å². The van der Waals surface area contributed by atoms with Crippen molar-refractivity contribution < 1.29 is 82.2 Å². The third-order valence-electron chi connectivity index (χ3n) is 1.47. The zero-order chi connectivity index (χ0) is 13.1. The molecule has 0 spiro atoms. The maximum absolute atomic E-state index is 11.8. The molecule has 1 nitrogen and oxygen atoms in total. The van der Waals surface area contributed by atoms with Crippen LogP contribution in [0.2, 0.25) is 0 Å². The number of halogens is 6. The molecule has 0 aliphatic carbocycles. The van der Waals surface area contributed by atoms with Crippen LogP contribution in [-0.4, -0.2) is 13.3 Å². The molecule has 1 aromatic carbocycles. The van der Waals surface area contributed by atoms with E-state index in [1.807, 2.05) is 0 Å². The molecule has 0 aliphatic rings. The summed E-state index contributed by atoms with van der Waals surface area (Å²) >= 11 is 0. The molecule has 0 unspecified atom stereocenters. The van der Waals surface area contributed by atoms with Gasteiger partial charge in [0.15, 0.2) is 0 Å². The van der Waals surface area contributed by atoms with Gasteiger partial charge in [-0.3, -0.25) is 0 Å². The Morgan fingerprint density at radius 1 is 1.00 bits per heavy atom. The van der Waals surface area contributed by atoms with Crippen LogP contribution in [0, 0.1) is 11.7 Å². The van der Waals surface area contributed by atoms with E-state index < -0.39 is 19.1 Å². The average molecular weight is 292 g/mol. The van der Waals surface area contributed by atoms with E-state index in [1.54, 1.807) is 5.92 Å². The molecule has 92 valence electrons. The van der Waals surface area contributed by atoms with Gasteiger partial charge in [0.05, 0.1) is 0 Å². The van der Waals surface area contributed by atoms with E-state index >= 15 is 0 Å². The van der Waals surface area contributed by atoms with Crippen LogP contribution in [0.1, 0.15) is 5.56 Å². The maximum atomic E-state index is 11.8. The van der Waals surface area contributed by atoms with E-state index in [2.05, 4.69) is 4.74 Å². The number of ether oxygens (including phenoxy) is 1. The van der Waals surface area contributed by atoms with E-state index in [-0.39, 0.29) is 56.9 Å². The zero-order valence-electron chi connectivity index (χ0n) is 9.06. The number of benzene rings is 1. The Hall–Kier alpha value is -0.139. The number of alkyl halides is 3. The van der Waals surface area contributed by atoms with Gasteiger partial charge in [-0.15, -0.1) is 19.1 Å². The predicted molar refractivity (Wildman–Crippen MR) is 49.1 cm³/mol. The fourth-order valence-corrected chi connectivity index (χ4v) is 0.905. The summed E-state index contributed by atoms with van der Waals surface area (Å²) in [5.74, 6) is 2.33. The Kier molecular flexibility index (Phi) is 6.81. The second-order valence-corrected chi connectivity index (χ2v) is 2.92. The number of rotatable bonds is 1. The monoisotopic (exact) mass is 292 g/mol. The van der Waals surface area contributed by atoms with E-state index in [1.165, 1.54) is 0 Å². The maximum Gasteiger partial charge on any atom is 1.00 e. The first kappa shape index (κ1) is 17.9. The Labute approximate surface area is 141 Å². The van der Waals surface area contributed by atoms with Crippen LogP contribution in [-0.2, 0) is 0 Å². The van der Waals surface area contributed by atoms with Gasteiger partial charge in [-0.25, -0.2) is 0 Å². The van der Waals surface area contributed by atoms with Gasteiger partial charge in [-0.1, -0.05) is 0 Å². The first-order valence-electron chi connectivity index (χ1n) is 4.24. The molecule has 9 heteroatoms. The topological polar surface area (TPSA) is 9.23 Å². The molecule has 0 saturated carbocycles. The van der Waals surface area contributed by atoms with Crippen LogP contribution in [0.25, 0.3) is 0 Å². The van der Waals surface area contributed by atoms with Gasteiger partial charge >= 0.3 is 64.7 Å². The second-order valence-electron chi connectivity index (χ2n) is 2.92. The van der Waals surface area contributed by atoms with Crippen molar-refractivity contribution in [2.75, 3.05) is 0 Å². The van der Waals surface area contributed by atoms with Crippen LogP contribution in [0.3, 0.4) is 0 Å². The molecule has 0 amide bonds. The standard InChI is InChI=1S/C9H4BF6O.K/c11-9(12,13)17-8-3-1-7(2-4-8)5-6-10(14,15)16;/h1-4H;/q-1;+1. The van der Waals surface area contributed by atoms with Crippen molar-refractivity contribution in [2.24, 2.45) is 0 Å². The van der Waals surface area contributed by atoms with Crippen LogP contribution in [0.5, 0.6) is 5.75 Å². The van der Waals surface area contributed by atoms with Gasteiger partial charge in [0.25, 0.3) is 0 Å². The first-order chi connectivity index (χ1) is 7.66. The predicted octanol–water partition coefficient (Wildman–Crippen LogP) is 0.327. The first-order valence-corrected chi connectivity index (χ1v) is 4.24. The molecule has 0 fully saturated rings. The fourth-order valence-electron chi connectivity index (χ4n) is 0.905. The van der Waals surface area contributed by atoms with Crippen molar-refractivity contribution in [1.29, 1.82) is 0 Å². The Morgan fingerprint density at radius 2 is 1.50 bits per heavy atom. The number of hydrogen-bond acceptors (Lipinski definition) is 1. The molecular weight excluding hydrogens is 288 g/mol. The van der Waals surface area contributed by atoms with Crippen molar-refractivity contribution in [2.45, 2.75) is 6.36 Å². The van der Waals surface area contributed by atoms with Gasteiger partial charge < -0.3 is 17.7 Å². The molecule has 18 heavy (non-hydrogen) atoms. The van der Waals surface area contributed by atoms with Gasteiger partial charge in [-0.2, -0.15) is 5.82 Å². The largest absolute Gasteiger partial charge is 1.00 e. The number of hydrogen-bond donors (Lipinski definition) is 0. The Balaban J connectivity index is 0.00000289. The summed E-state index contributed by atoms with van der Waals surface area (Å²) in [4.78, 5) is 0. The van der Waals surface area contributed by atoms with Gasteiger partial charge in [-0.05, 0) is 24.3 Å². The average Bonchev–Trinajstić information content (AvgIpc) is 2.13. The van der Waals surface area contributed by atoms with Crippen LogP contribution >= 0.6 is 0 Å². The molecule has 1 aromatic rings. The zero-order valence-corrected chi connectivity index (χ0v) is 12.2. The van der Waals surface area contributed by atoms with Crippen LogP contribution in [0.4, 0.5) is 26.1 Å². The van der Waals surface area contributed by atoms with E-state index in [4.69, 9.17) is 0 Å². The minimum atomic E-state index is -5.23. The molecule has 1 rings (SSSR count). The summed E-state index contributed by atoms with van der Waals surface area (Å²) in [5, 5.41) is 0. The SMILES string of the molecule is F[B-](F)(F)C#Cc1ccc(OC(F)(F)F)cc1.[K+]. The summed E-state index contributed by atoms with van der Waals surface area (Å²) < 4.78 is 74.1. The third-order valence-corrected chi connectivity index (χ3v) is 1.47. The van der Waals surface area contributed by atoms with Crippen LogP contribution in [0.15, 0.2) is 24.3 Å². The van der Waals surface area contributed by atoms with E-state index in [0.29, 0.717) is 0 Å². The van der Waals surface area contributed by atoms with E-state index in [0.717, 1.165) is 30.1 Å². The minimum Gasteiger partial charge on any atom is -0.438 e. The molecule has 0 aliphatic heterocycles. The molecule has 0 aromatic heterocycles. The summed E-state index contributed by atoms with van der Waals surface area (Å²) in [5.41, 5.74) is -0.0428. The molecule has 0 heterocycles. The van der Waals surface area contributed by atoms with Crippen molar-refractivity contribution in [3.8, 4) is 17.5 Å². The Bertz CT molecular complexity index is 441. The van der Waals surface area contributed by atoms with Gasteiger partial charge in [0.2, 0.25) is 0 Å². The summed E-state index contributed by atoms with van der Waals surface area (Å²) in [6.07, 6.45) is -4.83. The third kappa shape index (κ3) is 8.05. The molecule has 0 saturated heterocycles. The summed E-state index contributed by atoms with van der Waals surface area (Å²) in [6, 6.07) is 3.80. The molecule has 0 atom stereocenters. The molecule has 0 bridgehead atoms. The van der Waals surface area contributed by atoms with E-state index in [9.17, 15) is 26.1 Å². The van der Waals surface area contributed by atoms with Gasteiger partial charge in [0.1, 0.15) is 5.75 Å². The van der Waals surface area contributed by atoms with Crippen LogP contribution < -0.4 is 56.1 Å². The van der Waals surface area contributed by atoms with Crippen molar-refractivity contribution in [1.82, 2.24) is 0 Å².